The SMILES string of the molecule is CCCCCCCCOC(=O)C(C)CO. The summed E-state index contributed by atoms with van der Waals surface area (Å²) in [4.78, 5) is 11.1. The van der Waals surface area contributed by atoms with E-state index < -0.39 is 0 Å². The number of carbonyl (C=O) groups excluding carboxylic acids is 1. The van der Waals surface area contributed by atoms with Crippen LogP contribution in [0.3, 0.4) is 0 Å². The number of esters is 1. The van der Waals surface area contributed by atoms with E-state index in [2.05, 4.69) is 6.92 Å². The van der Waals surface area contributed by atoms with Crippen molar-refractivity contribution in [3.63, 3.8) is 0 Å². The lowest BCUT2D eigenvalue weighted by Gasteiger charge is -2.08. The maximum Gasteiger partial charge on any atom is 0.310 e. The molecule has 15 heavy (non-hydrogen) atoms. The maximum absolute atomic E-state index is 11.1. The van der Waals surface area contributed by atoms with Gasteiger partial charge >= 0.3 is 5.97 Å². The van der Waals surface area contributed by atoms with Crippen molar-refractivity contribution in [2.75, 3.05) is 13.2 Å². The van der Waals surface area contributed by atoms with Crippen LogP contribution in [0, 0.1) is 5.92 Å². The van der Waals surface area contributed by atoms with Gasteiger partial charge in [-0.05, 0) is 13.3 Å². The van der Waals surface area contributed by atoms with Gasteiger partial charge in [0.25, 0.3) is 0 Å². The Morgan fingerprint density at radius 3 is 2.40 bits per heavy atom. The maximum atomic E-state index is 11.1. The van der Waals surface area contributed by atoms with Gasteiger partial charge in [-0.3, -0.25) is 4.79 Å². The quantitative estimate of drug-likeness (QED) is 0.476. The highest BCUT2D eigenvalue weighted by atomic mass is 16.5. The summed E-state index contributed by atoms with van der Waals surface area (Å²) in [5, 5.41) is 8.70. The van der Waals surface area contributed by atoms with Crippen molar-refractivity contribution in [2.24, 2.45) is 5.92 Å². The molecule has 0 heterocycles. The molecule has 0 amide bonds. The first-order valence-corrected chi connectivity index (χ1v) is 5.99. The standard InChI is InChI=1S/C12H24O3/c1-3-4-5-6-7-8-9-15-12(14)11(2)10-13/h11,13H,3-10H2,1-2H3. The Balaban J connectivity index is 3.20. The van der Waals surface area contributed by atoms with Crippen LogP contribution in [0.2, 0.25) is 0 Å². The normalized spacial score (nSPS) is 12.5. The van der Waals surface area contributed by atoms with Crippen molar-refractivity contribution in [3.8, 4) is 0 Å². The van der Waals surface area contributed by atoms with Crippen LogP contribution in [0.25, 0.3) is 0 Å². The summed E-state index contributed by atoms with van der Waals surface area (Å²) in [5.74, 6) is -0.670. The van der Waals surface area contributed by atoms with Crippen molar-refractivity contribution < 1.29 is 14.6 Å². The minimum absolute atomic E-state index is 0.130. The van der Waals surface area contributed by atoms with Gasteiger partial charge in [-0.1, -0.05) is 39.0 Å². The molecule has 0 aliphatic carbocycles. The number of hydrogen-bond acceptors (Lipinski definition) is 3. The third-order valence-corrected chi connectivity index (χ3v) is 2.42. The summed E-state index contributed by atoms with van der Waals surface area (Å²) in [6, 6.07) is 0. The lowest BCUT2D eigenvalue weighted by atomic mass is 10.1. The zero-order valence-electron chi connectivity index (χ0n) is 10.00. The van der Waals surface area contributed by atoms with E-state index in [-0.39, 0.29) is 18.5 Å². The number of ether oxygens (including phenoxy) is 1. The van der Waals surface area contributed by atoms with Crippen LogP contribution in [-0.4, -0.2) is 24.3 Å². The summed E-state index contributed by atoms with van der Waals surface area (Å²) < 4.78 is 5.00. The number of aliphatic hydroxyl groups is 1. The van der Waals surface area contributed by atoms with E-state index in [9.17, 15) is 4.79 Å². The van der Waals surface area contributed by atoms with E-state index in [0.29, 0.717) is 6.61 Å². The molecule has 0 saturated heterocycles. The Morgan fingerprint density at radius 2 is 1.80 bits per heavy atom. The molecule has 0 fully saturated rings. The predicted octanol–water partition coefficient (Wildman–Crippen LogP) is 2.52. The molecule has 3 heteroatoms. The van der Waals surface area contributed by atoms with Gasteiger partial charge in [-0.15, -0.1) is 0 Å². The lowest BCUT2D eigenvalue weighted by Crippen LogP contribution is -2.18. The molecule has 0 aromatic heterocycles. The smallest absolute Gasteiger partial charge is 0.310 e. The average Bonchev–Trinajstić information content (AvgIpc) is 2.26. The van der Waals surface area contributed by atoms with Gasteiger partial charge < -0.3 is 9.84 Å². The van der Waals surface area contributed by atoms with Crippen LogP contribution in [0.1, 0.15) is 52.4 Å². The summed E-state index contributed by atoms with van der Waals surface area (Å²) in [6.07, 6.45) is 7.11. The molecule has 0 aliphatic rings. The summed E-state index contributed by atoms with van der Waals surface area (Å²) in [7, 11) is 0. The highest BCUT2D eigenvalue weighted by molar-refractivity contribution is 5.72. The molecule has 0 radical (unpaired) electrons. The summed E-state index contributed by atoms with van der Waals surface area (Å²) >= 11 is 0. The van der Waals surface area contributed by atoms with Gasteiger partial charge in [-0.25, -0.2) is 0 Å². The first-order valence-electron chi connectivity index (χ1n) is 5.99. The van der Waals surface area contributed by atoms with E-state index in [1.54, 1.807) is 6.92 Å². The fourth-order valence-electron chi connectivity index (χ4n) is 1.27. The fraction of sp³-hybridized carbons (Fsp3) is 0.917. The van der Waals surface area contributed by atoms with E-state index in [0.717, 1.165) is 12.8 Å². The molecular formula is C12H24O3. The molecule has 0 aliphatic heterocycles. The van der Waals surface area contributed by atoms with Crippen LogP contribution in [0.15, 0.2) is 0 Å². The van der Waals surface area contributed by atoms with Crippen LogP contribution in [0.4, 0.5) is 0 Å². The van der Waals surface area contributed by atoms with Gasteiger partial charge in [0.05, 0.1) is 19.1 Å². The van der Waals surface area contributed by atoms with E-state index in [4.69, 9.17) is 9.84 Å². The van der Waals surface area contributed by atoms with Gasteiger partial charge in [-0.2, -0.15) is 0 Å². The van der Waals surface area contributed by atoms with E-state index in [1.807, 2.05) is 0 Å². The second-order valence-corrected chi connectivity index (χ2v) is 4.02. The van der Waals surface area contributed by atoms with Crippen molar-refractivity contribution in [3.05, 3.63) is 0 Å². The van der Waals surface area contributed by atoms with Crippen LogP contribution < -0.4 is 0 Å². The molecule has 1 atom stereocenters. The topological polar surface area (TPSA) is 46.5 Å². The number of aliphatic hydroxyl groups excluding tert-OH is 1. The second kappa shape index (κ2) is 9.97. The summed E-state index contributed by atoms with van der Waals surface area (Å²) in [6.45, 7) is 4.23. The molecule has 1 N–H and O–H groups in total. The number of hydrogen-bond donors (Lipinski definition) is 1. The average molecular weight is 216 g/mol. The van der Waals surface area contributed by atoms with Crippen LogP contribution in [0.5, 0.6) is 0 Å². The number of unbranched alkanes of at least 4 members (excludes halogenated alkanes) is 5. The Labute approximate surface area is 92.8 Å². The Morgan fingerprint density at radius 1 is 1.20 bits per heavy atom. The number of rotatable bonds is 9. The molecule has 0 rings (SSSR count). The van der Waals surface area contributed by atoms with Crippen molar-refractivity contribution >= 4 is 5.97 Å². The van der Waals surface area contributed by atoms with E-state index in [1.165, 1.54) is 25.7 Å². The monoisotopic (exact) mass is 216 g/mol. The molecule has 0 aromatic rings. The third-order valence-electron chi connectivity index (χ3n) is 2.42. The number of carbonyl (C=O) groups is 1. The molecule has 1 unspecified atom stereocenters. The molecule has 0 saturated carbocycles. The highest BCUT2D eigenvalue weighted by Crippen LogP contribution is 2.05. The highest BCUT2D eigenvalue weighted by Gasteiger charge is 2.11. The Hall–Kier alpha value is -0.570. The van der Waals surface area contributed by atoms with Crippen molar-refractivity contribution in [1.82, 2.24) is 0 Å². The molecule has 3 nitrogen and oxygen atoms in total. The summed E-state index contributed by atoms with van der Waals surface area (Å²) in [5.41, 5.74) is 0. The van der Waals surface area contributed by atoms with Gasteiger partial charge in [0.2, 0.25) is 0 Å². The Kier molecular flexibility index (Phi) is 9.59. The predicted molar refractivity (Wildman–Crippen MR) is 60.6 cm³/mol. The van der Waals surface area contributed by atoms with Crippen molar-refractivity contribution in [1.29, 1.82) is 0 Å². The zero-order chi connectivity index (χ0) is 11.5. The Bertz CT molecular complexity index is 157. The zero-order valence-corrected chi connectivity index (χ0v) is 10.00. The largest absolute Gasteiger partial charge is 0.465 e. The van der Waals surface area contributed by atoms with Gasteiger partial charge in [0.1, 0.15) is 0 Å². The second-order valence-electron chi connectivity index (χ2n) is 4.02. The molecule has 0 spiro atoms. The minimum atomic E-state index is -0.384. The first kappa shape index (κ1) is 14.4. The molecule has 0 aromatic carbocycles. The van der Waals surface area contributed by atoms with Crippen LogP contribution in [-0.2, 0) is 9.53 Å². The van der Waals surface area contributed by atoms with Gasteiger partial charge in [0, 0.05) is 0 Å². The third kappa shape index (κ3) is 8.43. The molecule has 0 bridgehead atoms. The molecule has 90 valence electrons. The minimum Gasteiger partial charge on any atom is -0.465 e. The molecular weight excluding hydrogens is 192 g/mol. The van der Waals surface area contributed by atoms with Crippen molar-refractivity contribution in [2.45, 2.75) is 52.4 Å². The van der Waals surface area contributed by atoms with Gasteiger partial charge in [0.15, 0.2) is 0 Å². The lowest BCUT2D eigenvalue weighted by molar-refractivity contribution is -0.149. The van der Waals surface area contributed by atoms with E-state index >= 15 is 0 Å². The fourth-order valence-corrected chi connectivity index (χ4v) is 1.27. The first-order chi connectivity index (χ1) is 7.22. The van der Waals surface area contributed by atoms with Crippen LogP contribution >= 0.6 is 0 Å².